The summed E-state index contributed by atoms with van der Waals surface area (Å²) in [5, 5.41) is 0. The average molecular weight is 335 g/mol. The minimum atomic E-state index is 0.0722. The Bertz CT molecular complexity index is 731. The van der Waals surface area contributed by atoms with Gasteiger partial charge < -0.3 is 4.90 Å². The van der Waals surface area contributed by atoms with Crippen LogP contribution in [0.5, 0.6) is 0 Å². The van der Waals surface area contributed by atoms with Crippen LogP contribution in [-0.2, 0) is 17.8 Å². The molecule has 1 aromatic carbocycles. The summed E-state index contributed by atoms with van der Waals surface area (Å²) in [5.41, 5.74) is 3.90. The van der Waals surface area contributed by atoms with Crippen LogP contribution in [0.4, 0.5) is 0 Å². The number of carbonyl (C=O) groups excluding carboxylic acids is 1. The van der Waals surface area contributed by atoms with Crippen LogP contribution in [0.15, 0.2) is 48.8 Å². The van der Waals surface area contributed by atoms with E-state index in [1.165, 1.54) is 16.7 Å². The molecule has 0 spiro atoms. The molecule has 0 bridgehead atoms. The van der Waals surface area contributed by atoms with Gasteiger partial charge in [-0.15, -0.1) is 0 Å². The lowest BCUT2D eigenvalue weighted by atomic mass is 10.00. The smallest absolute Gasteiger partial charge is 0.230 e. The third-order valence-corrected chi connectivity index (χ3v) is 5.49. The Morgan fingerprint density at radius 2 is 1.88 bits per heavy atom. The van der Waals surface area contributed by atoms with E-state index in [1.54, 1.807) is 0 Å². The maximum atomic E-state index is 13.1. The molecule has 4 rings (SSSR count). The van der Waals surface area contributed by atoms with E-state index < -0.39 is 0 Å². The van der Waals surface area contributed by atoms with Gasteiger partial charge in [-0.2, -0.15) is 0 Å². The van der Waals surface area contributed by atoms with E-state index in [0.29, 0.717) is 5.91 Å². The first-order chi connectivity index (χ1) is 12.3. The summed E-state index contributed by atoms with van der Waals surface area (Å²) in [6.07, 6.45) is 6.75. The van der Waals surface area contributed by atoms with Gasteiger partial charge in [0.05, 0.1) is 5.92 Å². The number of nitrogens with zero attached hydrogens (tertiary/aromatic N) is 3. The summed E-state index contributed by atoms with van der Waals surface area (Å²) >= 11 is 0. The van der Waals surface area contributed by atoms with Crippen molar-refractivity contribution in [3.63, 3.8) is 0 Å². The van der Waals surface area contributed by atoms with Crippen LogP contribution in [-0.4, -0.2) is 46.9 Å². The third-order valence-electron chi connectivity index (χ3n) is 5.49. The van der Waals surface area contributed by atoms with Crippen molar-refractivity contribution in [2.24, 2.45) is 0 Å². The van der Waals surface area contributed by atoms with Crippen LogP contribution < -0.4 is 0 Å². The maximum Gasteiger partial charge on any atom is 0.230 e. The number of benzene rings is 1. The number of hydrogen-bond donors (Lipinski definition) is 0. The van der Waals surface area contributed by atoms with Gasteiger partial charge in [0, 0.05) is 45.1 Å². The minimum absolute atomic E-state index is 0.0722. The number of amides is 1. The van der Waals surface area contributed by atoms with Crippen LogP contribution in [0.25, 0.3) is 0 Å². The molecule has 2 aliphatic rings. The van der Waals surface area contributed by atoms with Gasteiger partial charge in [0.15, 0.2) is 0 Å². The van der Waals surface area contributed by atoms with Gasteiger partial charge in [0.25, 0.3) is 0 Å². The predicted octanol–water partition coefficient (Wildman–Crippen LogP) is 2.85. The molecule has 1 atom stereocenters. The molecule has 130 valence electrons. The molecule has 0 unspecified atom stereocenters. The minimum Gasteiger partial charge on any atom is -0.341 e. The number of hydrogen-bond acceptors (Lipinski definition) is 3. The zero-order valence-electron chi connectivity index (χ0n) is 14.6. The van der Waals surface area contributed by atoms with Gasteiger partial charge in [-0.1, -0.05) is 24.3 Å². The van der Waals surface area contributed by atoms with Crippen molar-refractivity contribution >= 4 is 5.91 Å². The van der Waals surface area contributed by atoms with Crippen LogP contribution in [0, 0.1) is 0 Å². The second kappa shape index (κ2) is 7.36. The molecule has 1 fully saturated rings. The summed E-state index contributed by atoms with van der Waals surface area (Å²) in [6.45, 7) is 4.65. The van der Waals surface area contributed by atoms with Crippen molar-refractivity contribution in [2.75, 3.05) is 26.2 Å². The highest BCUT2D eigenvalue weighted by Gasteiger charge is 2.32. The summed E-state index contributed by atoms with van der Waals surface area (Å²) in [7, 11) is 0. The molecule has 4 heteroatoms. The molecule has 4 nitrogen and oxygen atoms in total. The van der Waals surface area contributed by atoms with E-state index in [4.69, 9.17) is 0 Å². The van der Waals surface area contributed by atoms with Crippen LogP contribution in [0.1, 0.15) is 35.4 Å². The fourth-order valence-corrected chi connectivity index (χ4v) is 4.13. The fraction of sp³-hybridized carbons (Fsp3) is 0.429. The molecule has 1 saturated heterocycles. The maximum absolute atomic E-state index is 13.1. The second-order valence-electron chi connectivity index (χ2n) is 7.10. The molecule has 0 radical (unpaired) electrons. The lowest BCUT2D eigenvalue weighted by Gasteiger charge is -2.25. The molecule has 1 amide bonds. The fourth-order valence-electron chi connectivity index (χ4n) is 4.13. The van der Waals surface area contributed by atoms with Crippen molar-refractivity contribution < 1.29 is 4.79 Å². The van der Waals surface area contributed by atoms with Gasteiger partial charge in [-0.05, 0) is 48.1 Å². The van der Waals surface area contributed by atoms with Crippen molar-refractivity contribution in [1.29, 1.82) is 0 Å². The van der Waals surface area contributed by atoms with E-state index in [-0.39, 0.29) is 5.92 Å². The predicted molar refractivity (Wildman–Crippen MR) is 98.2 cm³/mol. The molecule has 2 aromatic rings. The molecule has 2 heterocycles. The van der Waals surface area contributed by atoms with Gasteiger partial charge in [0.1, 0.15) is 0 Å². The molecule has 0 N–H and O–H groups in total. The van der Waals surface area contributed by atoms with E-state index in [1.807, 2.05) is 12.4 Å². The van der Waals surface area contributed by atoms with E-state index in [2.05, 4.69) is 51.2 Å². The lowest BCUT2D eigenvalue weighted by molar-refractivity contribution is -0.132. The van der Waals surface area contributed by atoms with Gasteiger partial charge in [0.2, 0.25) is 5.91 Å². The normalized spacial score (nSPS) is 21.0. The molecular formula is C21H25N3O. The highest BCUT2D eigenvalue weighted by atomic mass is 16.2. The number of aryl methyl sites for hydroxylation is 1. The Morgan fingerprint density at radius 3 is 2.76 bits per heavy atom. The standard InChI is InChI=1S/C21H25N3O/c25-21(20-7-6-18-4-1-2-5-19(18)20)24-13-3-12-23(14-15-24)16-17-8-10-22-11-9-17/h1-2,4-5,8-11,20H,3,6-7,12-16H2/t20-/m1/s1. The first-order valence-electron chi connectivity index (χ1n) is 9.29. The zero-order valence-corrected chi connectivity index (χ0v) is 14.6. The van der Waals surface area contributed by atoms with Gasteiger partial charge in [-0.25, -0.2) is 0 Å². The van der Waals surface area contributed by atoms with Crippen molar-refractivity contribution in [3.05, 3.63) is 65.5 Å². The molecule has 1 aliphatic carbocycles. The van der Waals surface area contributed by atoms with Crippen LogP contribution in [0.3, 0.4) is 0 Å². The van der Waals surface area contributed by atoms with E-state index in [0.717, 1.165) is 52.0 Å². The summed E-state index contributed by atoms with van der Waals surface area (Å²) < 4.78 is 0. The quantitative estimate of drug-likeness (QED) is 0.865. The molecular weight excluding hydrogens is 310 g/mol. The summed E-state index contributed by atoms with van der Waals surface area (Å²) in [5.74, 6) is 0.402. The van der Waals surface area contributed by atoms with Crippen LogP contribution in [0.2, 0.25) is 0 Å². The topological polar surface area (TPSA) is 36.4 Å². The van der Waals surface area contributed by atoms with Crippen molar-refractivity contribution in [3.8, 4) is 0 Å². The van der Waals surface area contributed by atoms with E-state index in [9.17, 15) is 4.79 Å². The Labute approximate surface area is 149 Å². The largest absolute Gasteiger partial charge is 0.341 e. The number of fused-ring (bicyclic) bond motifs is 1. The number of rotatable bonds is 3. The Kier molecular flexibility index (Phi) is 4.79. The number of pyridine rings is 1. The van der Waals surface area contributed by atoms with E-state index >= 15 is 0 Å². The first-order valence-corrected chi connectivity index (χ1v) is 9.29. The highest BCUT2D eigenvalue weighted by Crippen LogP contribution is 2.34. The Balaban J connectivity index is 1.39. The summed E-state index contributed by atoms with van der Waals surface area (Å²) in [4.78, 5) is 21.7. The highest BCUT2D eigenvalue weighted by molar-refractivity contribution is 5.85. The average Bonchev–Trinajstić information content (AvgIpc) is 2.95. The first kappa shape index (κ1) is 16.3. The molecule has 25 heavy (non-hydrogen) atoms. The molecule has 1 aliphatic heterocycles. The van der Waals surface area contributed by atoms with Crippen molar-refractivity contribution in [1.82, 2.24) is 14.8 Å². The summed E-state index contributed by atoms with van der Waals surface area (Å²) in [6, 6.07) is 12.6. The Morgan fingerprint density at radius 1 is 1.04 bits per heavy atom. The third kappa shape index (κ3) is 3.59. The van der Waals surface area contributed by atoms with Crippen molar-refractivity contribution in [2.45, 2.75) is 31.7 Å². The molecule has 1 aromatic heterocycles. The Hall–Kier alpha value is -2.20. The van der Waals surface area contributed by atoms with Gasteiger partial charge in [-0.3, -0.25) is 14.7 Å². The number of carbonyl (C=O) groups is 1. The monoisotopic (exact) mass is 335 g/mol. The zero-order chi connectivity index (χ0) is 17.1. The second-order valence-corrected chi connectivity index (χ2v) is 7.10. The van der Waals surface area contributed by atoms with Crippen LogP contribution >= 0.6 is 0 Å². The number of aromatic nitrogens is 1. The van der Waals surface area contributed by atoms with Gasteiger partial charge >= 0.3 is 0 Å². The lowest BCUT2D eigenvalue weighted by Crippen LogP contribution is -2.37. The SMILES string of the molecule is O=C([C@@H]1CCc2ccccc21)N1CCCN(Cc2ccncc2)CC1. The molecule has 0 saturated carbocycles.